The van der Waals surface area contributed by atoms with E-state index in [1.807, 2.05) is 7.05 Å². The maximum atomic E-state index is 9.31. The van der Waals surface area contributed by atoms with E-state index >= 15 is 0 Å². The molecule has 1 saturated heterocycles. The van der Waals surface area contributed by atoms with Crippen LogP contribution in [0.1, 0.15) is 26.2 Å². The van der Waals surface area contributed by atoms with Crippen LogP contribution >= 0.6 is 0 Å². The van der Waals surface area contributed by atoms with Gasteiger partial charge in [-0.1, -0.05) is 0 Å². The molecule has 0 aliphatic carbocycles. The van der Waals surface area contributed by atoms with Gasteiger partial charge in [-0.05, 0) is 46.8 Å². The van der Waals surface area contributed by atoms with Gasteiger partial charge in [-0.2, -0.15) is 0 Å². The van der Waals surface area contributed by atoms with Gasteiger partial charge in [-0.25, -0.2) is 0 Å². The summed E-state index contributed by atoms with van der Waals surface area (Å²) in [6, 6.07) is 0.647. The standard InChI is InChI=1S/C12H26N2O2/c1-12(10-15,13-2)6-7-14(3)11-4-8-16-9-5-11/h11,13,15H,4-10H2,1-3H3. The lowest BCUT2D eigenvalue weighted by molar-refractivity contribution is 0.0387. The molecule has 1 atom stereocenters. The monoisotopic (exact) mass is 230 g/mol. The summed E-state index contributed by atoms with van der Waals surface area (Å²) >= 11 is 0. The van der Waals surface area contributed by atoms with E-state index < -0.39 is 0 Å². The van der Waals surface area contributed by atoms with Crippen molar-refractivity contribution in [2.45, 2.75) is 37.8 Å². The number of likely N-dealkylation sites (N-methyl/N-ethyl adjacent to an activating group) is 1. The fourth-order valence-corrected chi connectivity index (χ4v) is 2.01. The molecule has 0 radical (unpaired) electrons. The average Bonchev–Trinajstić information content (AvgIpc) is 2.36. The summed E-state index contributed by atoms with van der Waals surface area (Å²) < 4.78 is 5.36. The van der Waals surface area contributed by atoms with Crippen molar-refractivity contribution in [3.63, 3.8) is 0 Å². The molecule has 96 valence electrons. The van der Waals surface area contributed by atoms with Crippen LogP contribution < -0.4 is 5.32 Å². The van der Waals surface area contributed by atoms with E-state index in [9.17, 15) is 5.11 Å². The number of aliphatic hydroxyl groups excluding tert-OH is 1. The molecule has 1 aliphatic rings. The van der Waals surface area contributed by atoms with Crippen molar-refractivity contribution in [3.8, 4) is 0 Å². The van der Waals surface area contributed by atoms with Gasteiger partial charge in [0.2, 0.25) is 0 Å². The second-order valence-corrected chi connectivity index (χ2v) is 5.04. The lowest BCUT2D eigenvalue weighted by Crippen LogP contribution is -2.47. The van der Waals surface area contributed by atoms with Crippen LogP contribution in [0.15, 0.2) is 0 Å². The summed E-state index contributed by atoms with van der Waals surface area (Å²) in [4.78, 5) is 2.40. The SMILES string of the molecule is CNC(C)(CO)CCN(C)C1CCOCC1. The Hall–Kier alpha value is -0.160. The Morgan fingerprint density at radius 1 is 1.44 bits per heavy atom. The molecule has 0 bridgehead atoms. The van der Waals surface area contributed by atoms with Crippen molar-refractivity contribution in [2.75, 3.05) is 40.5 Å². The lowest BCUT2D eigenvalue weighted by Gasteiger charge is -2.34. The molecule has 0 aromatic rings. The number of nitrogens with one attached hydrogen (secondary N) is 1. The van der Waals surface area contributed by atoms with Crippen molar-refractivity contribution in [3.05, 3.63) is 0 Å². The molecule has 0 spiro atoms. The molecular formula is C12H26N2O2. The van der Waals surface area contributed by atoms with Crippen molar-refractivity contribution < 1.29 is 9.84 Å². The highest BCUT2D eigenvalue weighted by molar-refractivity contribution is 4.83. The molecule has 1 heterocycles. The summed E-state index contributed by atoms with van der Waals surface area (Å²) in [5, 5.41) is 12.5. The minimum atomic E-state index is -0.153. The van der Waals surface area contributed by atoms with Crippen LogP contribution in [-0.4, -0.2) is 62.0 Å². The fourth-order valence-electron chi connectivity index (χ4n) is 2.01. The van der Waals surface area contributed by atoms with Gasteiger partial charge in [-0.15, -0.1) is 0 Å². The summed E-state index contributed by atoms with van der Waals surface area (Å²) in [6.45, 7) is 5.04. The quantitative estimate of drug-likeness (QED) is 0.696. The summed E-state index contributed by atoms with van der Waals surface area (Å²) in [5.74, 6) is 0. The summed E-state index contributed by atoms with van der Waals surface area (Å²) in [5.41, 5.74) is -0.153. The van der Waals surface area contributed by atoms with E-state index in [0.29, 0.717) is 6.04 Å². The number of hydrogen-bond donors (Lipinski definition) is 2. The van der Waals surface area contributed by atoms with Gasteiger partial charge < -0.3 is 20.1 Å². The summed E-state index contributed by atoms with van der Waals surface area (Å²) in [6.07, 6.45) is 3.23. The van der Waals surface area contributed by atoms with Crippen molar-refractivity contribution in [1.29, 1.82) is 0 Å². The molecular weight excluding hydrogens is 204 g/mol. The summed E-state index contributed by atoms with van der Waals surface area (Å²) in [7, 11) is 4.08. The highest BCUT2D eigenvalue weighted by Gasteiger charge is 2.24. The molecule has 1 fully saturated rings. The van der Waals surface area contributed by atoms with E-state index in [4.69, 9.17) is 4.74 Å². The smallest absolute Gasteiger partial charge is 0.0610 e. The molecule has 1 aliphatic heterocycles. The average molecular weight is 230 g/mol. The molecule has 2 N–H and O–H groups in total. The van der Waals surface area contributed by atoms with Crippen LogP contribution in [0, 0.1) is 0 Å². The topological polar surface area (TPSA) is 44.7 Å². The normalized spacial score (nSPS) is 22.3. The first-order chi connectivity index (χ1) is 7.61. The van der Waals surface area contributed by atoms with Crippen molar-refractivity contribution in [1.82, 2.24) is 10.2 Å². The van der Waals surface area contributed by atoms with Crippen LogP contribution in [0.3, 0.4) is 0 Å². The number of nitrogens with zero attached hydrogens (tertiary/aromatic N) is 1. The third-order valence-electron chi connectivity index (χ3n) is 3.78. The zero-order chi connectivity index (χ0) is 12.0. The van der Waals surface area contributed by atoms with Gasteiger partial charge in [-0.3, -0.25) is 0 Å². The highest BCUT2D eigenvalue weighted by atomic mass is 16.5. The van der Waals surface area contributed by atoms with Crippen LogP contribution in [0.5, 0.6) is 0 Å². The van der Waals surface area contributed by atoms with Gasteiger partial charge in [0.15, 0.2) is 0 Å². The molecule has 1 unspecified atom stereocenters. The van der Waals surface area contributed by atoms with Crippen LogP contribution in [0.4, 0.5) is 0 Å². The van der Waals surface area contributed by atoms with Gasteiger partial charge in [0.1, 0.15) is 0 Å². The molecule has 1 rings (SSSR count). The Bertz CT molecular complexity index is 189. The predicted octanol–water partition coefficient (Wildman–Crippen LogP) is 0.458. The molecule has 16 heavy (non-hydrogen) atoms. The second-order valence-electron chi connectivity index (χ2n) is 5.04. The van der Waals surface area contributed by atoms with Gasteiger partial charge in [0.25, 0.3) is 0 Å². The van der Waals surface area contributed by atoms with Crippen LogP contribution in [0.2, 0.25) is 0 Å². The molecule has 0 amide bonds. The zero-order valence-electron chi connectivity index (χ0n) is 10.8. The van der Waals surface area contributed by atoms with E-state index in [1.165, 1.54) is 0 Å². The van der Waals surface area contributed by atoms with E-state index in [0.717, 1.165) is 39.0 Å². The third kappa shape index (κ3) is 4.01. The number of hydrogen-bond acceptors (Lipinski definition) is 4. The first-order valence-corrected chi connectivity index (χ1v) is 6.19. The predicted molar refractivity (Wildman–Crippen MR) is 65.6 cm³/mol. The first kappa shape index (κ1) is 13.9. The van der Waals surface area contributed by atoms with Crippen molar-refractivity contribution in [2.24, 2.45) is 0 Å². The Morgan fingerprint density at radius 3 is 2.56 bits per heavy atom. The minimum absolute atomic E-state index is 0.153. The zero-order valence-corrected chi connectivity index (χ0v) is 10.8. The Balaban J connectivity index is 2.30. The molecule has 4 nitrogen and oxygen atoms in total. The van der Waals surface area contributed by atoms with E-state index in [1.54, 1.807) is 0 Å². The largest absolute Gasteiger partial charge is 0.394 e. The lowest BCUT2D eigenvalue weighted by atomic mass is 9.98. The molecule has 0 aromatic carbocycles. The van der Waals surface area contributed by atoms with E-state index in [-0.39, 0.29) is 12.1 Å². The Morgan fingerprint density at radius 2 is 2.06 bits per heavy atom. The van der Waals surface area contributed by atoms with Gasteiger partial charge >= 0.3 is 0 Å². The van der Waals surface area contributed by atoms with E-state index in [2.05, 4.69) is 24.2 Å². The Kier molecular flexibility index (Phi) is 5.69. The van der Waals surface area contributed by atoms with Gasteiger partial charge in [0, 0.05) is 24.8 Å². The number of ether oxygens (including phenoxy) is 1. The van der Waals surface area contributed by atoms with Crippen LogP contribution in [0.25, 0.3) is 0 Å². The Labute approximate surface area is 99.0 Å². The first-order valence-electron chi connectivity index (χ1n) is 6.19. The second kappa shape index (κ2) is 6.55. The fraction of sp³-hybridized carbons (Fsp3) is 1.00. The van der Waals surface area contributed by atoms with Crippen molar-refractivity contribution >= 4 is 0 Å². The molecule has 4 heteroatoms. The third-order valence-corrected chi connectivity index (χ3v) is 3.78. The van der Waals surface area contributed by atoms with Gasteiger partial charge in [0.05, 0.1) is 6.61 Å². The minimum Gasteiger partial charge on any atom is -0.394 e. The highest BCUT2D eigenvalue weighted by Crippen LogP contribution is 2.15. The molecule has 0 aromatic heterocycles. The number of rotatable bonds is 6. The van der Waals surface area contributed by atoms with Crippen LogP contribution in [-0.2, 0) is 4.74 Å². The maximum Gasteiger partial charge on any atom is 0.0610 e. The molecule has 0 saturated carbocycles. The number of aliphatic hydroxyl groups is 1. The maximum absolute atomic E-state index is 9.31.